The van der Waals surface area contributed by atoms with Gasteiger partial charge in [0, 0.05) is 12.3 Å². The van der Waals surface area contributed by atoms with Crippen molar-refractivity contribution in [3.05, 3.63) is 39.7 Å². The van der Waals surface area contributed by atoms with Crippen molar-refractivity contribution in [3.8, 4) is 6.07 Å². The Balaban J connectivity index is 2.90. The lowest BCUT2D eigenvalue weighted by molar-refractivity contribution is -0.385. The lowest BCUT2D eigenvalue weighted by Crippen LogP contribution is -2.05. The van der Waals surface area contributed by atoms with Crippen LogP contribution in [0.4, 0.5) is 5.69 Å². The van der Waals surface area contributed by atoms with Crippen molar-refractivity contribution in [1.29, 1.82) is 5.26 Å². The minimum Gasteiger partial charge on any atom is -0.319 e. The van der Waals surface area contributed by atoms with Gasteiger partial charge in [-0.05, 0) is 25.6 Å². The SMILES string of the molecule is CNCCC=Cc1cnc(C#N)c([N+](=O)[O-])c1. The van der Waals surface area contributed by atoms with Crippen LogP contribution in [0.15, 0.2) is 18.3 Å². The Morgan fingerprint density at radius 1 is 1.71 bits per heavy atom. The molecule has 88 valence electrons. The molecule has 0 saturated carbocycles. The highest BCUT2D eigenvalue weighted by Crippen LogP contribution is 2.17. The van der Waals surface area contributed by atoms with E-state index in [1.807, 2.05) is 13.1 Å². The molecule has 6 heteroatoms. The molecule has 0 spiro atoms. The number of nitrogens with one attached hydrogen (secondary N) is 1. The van der Waals surface area contributed by atoms with E-state index in [0.29, 0.717) is 5.56 Å². The van der Waals surface area contributed by atoms with Gasteiger partial charge in [0.25, 0.3) is 0 Å². The fourth-order valence-corrected chi connectivity index (χ4v) is 1.23. The molecule has 0 radical (unpaired) electrons. The average molecular weight is 232 g/mol. The van der Waals surface area contributed by atoms with Crippen LogP contribution in [0.25, 0.3) is 6.08 Å². The first-order chi connectivity index (χ1) is 8.19. The molecule has 0 aliphatic rings. The molecule has 1 aromatic rings. The molecule has 0 atom stereocenters. The van der Waals surface area contributed by atoms with Crippen LogP contribution in [0.5, 0.6) is 0 Å². The number of pyridine rings is 1. The van der Waals surface area contributed by atoms with Crippen LogP contribution < -0.4 is 5.32 Å². The second-order valence-electron chi connectivity index (χ2n) is 3.30. The van der Waals surface area contributed by atoms with E-state index in [1.165, 1.54) is 12.3 Å². The third-order valence-electron chi connectivity index (χ3n) is 2.06. The van der Waals surface area contributed by atoms with Gasteiger partial charge in [0.1, 0.15) is 6.07 Å². The van der Waals surface area contributed by atoms with E-state index in [1.54, 1.807) is 12.1 Å². The third kappa shape index (κ3) is 3.66. The topological polar surface area (TPSA) is 91.8 Å². The second kappa shape index (κ2) is 6.35. The summed E-state index contributed by atoms with van der Waals surface area (Å²) in [5.41, 5.74) is 0.192. The lowest BCUT2D eigenvalue weighted by Gasteiger charge is -1.96. The molecule has 0 fully saturated rings. The first-order valence-corrected chi connectivity index (χ1v) is 5.04. The molecule has 0 saturated heterocycles. The second-order valence-corrected chi connectivity index (χ2v) is 3.30. The molecule has 0 amide bonds. The quantitative estimate of drug-likeness (QED) is 0.471. The molecule has 0 aliphatic carbocycles. The van der Waals surface area contributed by atoms with Gasteiger partial charge in [-0.1, -0.05) is 12.2 Å². The number of aromatic nitrogens is 1. The van der Waals surface area contributed by atoms with Gasteiger partial charge in [-0.15, -0.1) is 0 Å². The maximum atomic E-state index is 10.7. The monoisotopic (exact) mass is 232 g/mol. The van der Waals surface area contributed by atoms with Crippen molar-refractivity contribution in [1.82, 2.24) is 10.3 Å². The molecule has 0 bridgehead atoms. The molecule has 0 aromatic carbocycles. The standard InChI is InChI=1S/C11H12N4O2/c1-13-5-3-2-4-9-6-11(15(16)17)10(7-12)14-8-9/h2,4,6,8,13H,3,5H2,1H3. The molecular formula is C11H12N4O2. The first-order valence-electron chi connectivity index (χ1n) is 5.04. The number of nitro groups is 1. The predicted octanol–water partition coefficient (Wildman–Crippen LogP) is 1.48. The van der Waals surface area contributed by atoms with Gasteiger partial charge < -0.3 is 5.32 Å². The summed E-state index contributed by atoms with van der Waals surface area (Å²) >= 11 is 0. The highest BCUT2D eigenvalue weighted by atomic mass is 16.6. The molecule has 1 N–H and O–H groups in total. The number of hydrogen-bond donors (Lipinski definition) is 1. The van der Waals surface area contributed by atoms with Crippen molar-refractivity contribution < 1.29 is 4.92 Å². The molecule has 0 unspecified atom stereocenters. The van der Waals surface area contributed by atoms with Crippen LogP contribution in [0.2, 0.25) is 0 Å². The zero-order valence-corrected chi connectivity index (χ0v) is 9.38. The van der Waals surface area contributed by atoms with Gasteiger partial charge in [0.2, 0.25) is 5.69 Å². The zero-order valence-electron chi connectivity index (χ0n) is 9.38. The first kappa shape index (κ1) is 12.8. The van der Waals surface area contributed by atoms with Crippen molar-refractivity contribution >= 4 is 11.8 Å². The van der Waals surface area contributed by atoms with Crippen molar-refractivity contribution in [2.75, 3.05) is 13.6 Å². The Morgan fingerprint density at radius 2 is 2.47 bits per heavy atom. The fraction of sp³-hybridized carbons (Fsp3) is 0.273. The Hall–Kier alpha value is -2.26. The van der Waals surface area contributed by atoms with E-state index >= 15 is 0 Å². The number of nitrogens with zero attached hydrogens (tertiary/aromatic N) is 3. The Kier molecular flexibility index (Phi) is 4.78. The minimum atomic E-state index is -0.601. The van der Waals surface area contributed by atoms with E-state index in [0.717, 1.165) is 13.0 Å². The van der Waals surface area contributed by atoms with E-state index in [-0.39, 0.29) is 11.4 Å². The minimum absolute atomic E-state index is 0.164. The summed E-state index contributed by atoms with van der Waals surface area (Å²) in [7, 11) is 1.85. The van der Waals surface area contributed by atoms with Crippen LogP contribution >= 0.6 is 0 Å². The number of rotatable bonds is 5. The van der Waals surface area contributed by atoms with Gasteiger partial charge >= 0.3 is 5.69 Å². The summed E-state index contributed by atoms with van der Waals surface area (Å²) in [5, 5.41) is 22.3. The molecule has 0 aliphatic heterocycles. The van der Waals surface area contributed by atoms with E-state index in [9.17, 15) is 10.1 Å². The van der Waals surface area contributed by atoms with Crippen molar-refractivity contribution in [2.45, 2.75) is 6.42 Å². The maximum absolute atomic E-state index is 10.7. The van der Waals surface area contributed by atoms with Crippen molar-refractivity contribution in [3.63, 3.8) is 0 Å². The molecule has 17 heavy (non-hydrogen) atoms. The van der Waals surface area contributed by atoms with E-state index in [2.05, 4.69) is 10.3 Å². The van der Waals surface area contributed by atoms with Gasteiger partial charge in [0.05, 0.1) is 4.92 Å². The van der Waals surface area contributed by atoms with Crippen LogP contribution in [-0.2, 0) is 0 Å². The Bertz CT molecular complexity index is 477. The normalized spacial score (nSPS) is 10.4. The fourth-order valence-electron chi connectivity index (χ4n) is 1.23. The van der Waals surface area contributed by atoms with Gasteiger partial charge in [-0.3, -0.25) is 10.1 Å². The predicted molar refractivity (Wildman–Crippen MR) is 63.2 cm³/mol. The molecule has 1 heterocycles. The Morgan fingerprint density at radius 3 is 3.06 bits per heavy atom. The molecule has 1 aromatic heterocycles. The van der Waals surface area contributed by atoms with Crippen LogP contribution in [0, 0.1) is 21.4 Å². The average Bonchev–Trinajstić information content (AvgIpc) is 2.34. The summed E-state index contributed by atoms with van der Waals surface area (Å²) < 4.78 is 0. The lowest BCUT2D eigenvalue weighted by atomic mass is 10.2. The number of hydrogen-bond acceptors (Lipinski definition) is 5. The molecular weight excluding hydrogens is 220 g/mol. The van der Waals surface area contributed by atoms with Crippen LogP contribution in [0.1, 0.15) is 17.7 Å². The Labute approximate surface area is 98.7 Å². The molecule has 1 rings (SSSR count). The highest BCUT2D eigenvalue weighted by molar-refractivity contribution is 5.55. The van der Waals surface area contributed by atoms with E-state index in [4.69, 9.17) is 5.26 Å². The summed E-state index contributed by atoms with van der Waals surface area (Å²) in [6.07, 6.45) is 5.91. The van der Waals surface area contributed by atoms with Crippen molar-refractivity contribution in [2.24, 2.45) is 0 Å². The van der Waals surface area contributed by atoms with Crippen LogP contribution in [0.3, 0.4) is 0 Å². The maximum Gasteiger partial charge on any atom is 0.306 e. The summed E-state index contributed by atoms with van der Waals surface area (Å²) in [6, 6.07) is 3.04. The highest BCUT2D eigenvalue weighted by Gasteiger charge is 2.14. The largest absolute Gasteiger partial charge is 0.319 e. The summed E-state index contributed by atoms with van der Waals surface area (Å²) in [5.74, 6) is 0. The zero-order chi connectivity index (χ0) is 12.7. The molecule has 6 nitrogen and oxygen atoms in total. The van der Waals surface area contributed by atoms with Gasteiger partial charge in [0.15, 0.2) is 0 Å². The van der Waals surface area contributed by atoms with E-state index < -0.39 is 4.92 Å². The van der Waals surface area contributed by atoms with Gasteiger partial charge in [-0.25, -0.2) is 4.98 Å². The van der Waals surface area contributed by atoms with Crippen LogP contribution in [-0.4, -0.2) is 23.5 Å². The third-order valence-corrected chi connectivity index (χ3v) is 2.06. The van der Waals surface area contributed by atoms with Gasteiger partial charge in [-0.2, -0.15) is 5.26 Å². The summed E-state index contributed by atoms with van der Waals surface area (Å²) in [6.45, 7) is 0.836. The summed E-state index contributed by atoms with van der Waals surface area (Å²) in [4.78, 5) is 13.8. The smallest absolute Gasteiger partial charge is 0.306 e. The number of nitriles is 1.